The van der Waals surface area contributed by atoms with E-state index in [-0.39, 0.29) is 36.5 Å². The molecule has 1 aromatic carbocycles. The maximum Gasteiger partial charge on any atom is 0.257 e. The molecule has 0 bridgehead atoms. The highest BCUT2D eigenvalue weighted by Gasteiger charge is 2.40. The van der Waals surface area contributed by atoms with E-state index >= 15 is 0 Å². The molecule has 1 unspecified atom stereocenters. The Bertz CT molecular complexity index is 1110. The Morgan fingerprint density at radius 1 is 1.41 bits per heavy atom. The zero-order valence-corrected chi connectivity index (χ0v) is 19.0. The van der Waals surface area contributed by atoms with Gasteiger partial charge in [0.05, 0.1) is 24.4 Å². The van der Waals surface area contributed by atoms with Gasteiger partial charge in [0.2, 0.25) is 11.8 Å². The number of nitrogens with zero attached hydrogens (tertiary/aromatic N) is 2. The van der Waals surface area contributed by atoms with Gasteiger partial charge in [0.15, 0.2) is 5.75 Å². The third-order valence-corrected chi connectivity index (χ3v) is 5.94. The standard InChI is InChI=1S/C23H27F2N3O6/c1-15-20(30)21(31)18(22(32)26-10-16-3-4-17(24)9-19(16)25)11-28(15)23(5-7-34-13-23)12-27(14-29)6-8-33-2/h3-4,9,11,14,30H,5-8,10,12-13H2,1-2H3,(H,26,32). The minimum Gasteiger partial charge on any atom is -0.503 e. The number of rotatable bonds is 10. The molecule has 2 aromatic rings. The number of amides is 2. The van der Waals surface area contributed by atoms with Gasteiger partial charge in [-0.05, 0) is 19.4 Å². The van der Waals surface area contributed by atoms with Crippen molar-refractivity contribution in [2.45, 2.75) is 25.4 Å². The van der Waals surface area contributed by atoms with Crippen LogP contribution in [0.4, 0.5) is 8.78 Å². The molecule has 0 radical (unpaired) electrons. The van der Waals surface area contributed by atoms with Gasteiger partial charge in [-0.1, -0.05) is 6.07 Å². The van der Waals surface area contributed by atoms with E-state index in [1.165, 1.54) is 31.2 Å². The molecule has 1 aliphatic heterocycles. The van der Waals surface area contributed by atoms with E-state index in [2.05, 4.69) is 5.32 Å². The fraction of sp³-hybridized carbons (Fsp3) is 0.435. The number of aromatic nitrogens is 1. The van der Waals surface area contributed by atoms with Crippen LogP contribution in [0.25, 0.3) is 0 Å². The molecule has 184 valence electrons. The van der Waals surface area contributed by atoms with Gasteiger partial charge in [-0.15, -0.1) is 0 Å². The molecule has 1 aromatic heterocycles. The van der Waals surface area contributed by atoms with Crippen molar-refractivity contribution in [3.8, 4) is 5.75 Å². The van der Waals surface area contributed by atoms with Crippen LogP contribution in [-0.4, -0.2) is 66.9 Å². The summed E-state index contributed by atoms with van der Waals surface area (Å²) in [4.78, 5) is 38.6. The van der Waals surface area contributed by atoms with E-state index in [1.807, 2.05) is 0 Å². The molecule has 34 heavy (non-hydrogen) atoms. The van der Waals surface area contributed by atoms with E-state index in [0.29, 0.717) is 38.7 Å². The van der Waals surface area contributed by atoms with Crippen molar-refractivity contribution >= 4 is 12.3 Å². The lowest BCUT2D eigenvalue weighted by Crippen LogP contribution is -2.48. The third kappa shape index (κ3) is 5.26. The van der Waals surface area contributed by atoms with Crippen LogP contribution < -0.4 is 10.7 Å². The molecular weight excluding hydrogens is 452 g/mol. The lowest BCUT2D eigenvalue weighted by molar-refractivity contribution is -0.120. The van der Waals surface area contributed by atoms with Crippen LogP contribution in [0, 0.1) is 18.6 Å². The number of hydrogen-bond acceptors (Lipinski definition) is 6. The number of aromatic hydroxyl groups is 1. The molecule has 2 amide bonds. The Labute approximate surface area is 194 Å². The first-order chi connectivity index (χ1) is 16.2. The van der Waals surface area contributed by atoms with Gasteiger partial charge in [0, 0.05) is 51.2 Å². The van der Waals surface area contributed by atoms with Gasteiger partial charge >= 0.3 is 0 Å². The van der Waals surface area contributed by atoms with Crippen molar-refractivity contribution < 1.29 is 33.0 Å². The van der Waals surface area contributed by atoms with Crippen molar-refractivity contribution in [1.29, 1.82) is 0 Å². The van der Waals surface area contributed by atoms with Crippen LogP contribution in [0.2, 0.25) is 0 Å². The number of carbonyl (C=O) groups is 2. The van der Waals surface area contributed by atoms with Crippen molar-refractivity contribution in [3.05, 3.63) is 63.1 Å². The number of hydrogen-bond donors (Lipinski definition) is 2. The summed E-state index contributed by atoms with van der Waals surface area (Å²) >= 11 is 0. The number of ether oxygens (including phenoxy) is 2. The molecule has 1 fully saturated rings. The molecule has 2 N–H and O–H groups in total. The largest absolute Gasteiger partial charge is 0.503 e. The highest BCUT2D eigenvalue weighted by molar-refractivity contribution is 5.94. The number of halogens is 2. The molecule has 1 atom stereocenters. The summed E-state index contributed by atoms with van der Waals surface area (Å²) in [6.07, 6.45) is 2.47. The quantitative estimate of drug-likeness (QED) is 0.497. The molecule has 2 heterocycles. The second-order valence-electron chi connectivity index (χ2n) is 8.19. The zero-order chi connectivity index (χ0) is 24.9. The van der Waals surface area contributed by atoms with Crippen LogP contribution in [0.1, 0.15) is 28.0 Å². The number of pyridine rings is 1. The summed E-state index contributed by atoms with van der Waals surface area (Å²) < 4.78 is 39.3. The van der Waals surface area contributed by atoms with Crippen LogP contribution in [-0.2, 0) is 26.4 Å². The van der Waals surface area contributed by atoms with Crippen molar-refractivity contribution in [2.75, 3.05) is 40.0 Å². The Hall–Kier alpha value is -3.31. The molecule has 0 spiro atoms. The minimum atomic E-state index is -0.883. The average Bonchev–Trinajstić information content (AvgIpc) is 3.29. The van der Waals surface area contributed by atoms with Gasteiger partial charge in [0.1, 0.15) is 17.2 Å². The van der Waals surface area contributed by atoms with Crippen LogP contribution in [0.5, 0.6) is 5.75 Å². The molecule has 11 heteroatoms. The lowest BCUT2D eigenvalue weighted by Gasteiger charge is -2.36. The van der Waals surface area contributed by atoms with Crippen molar-refractivity contribution in [3.63, 3.8) is 0 Å². The number of benzene rings is 1. The van der Waals surface area contributed by atoms with Gasteiger partial charge in [-0.3, -0.25) is 14.4 Å². The Morgan fingerprint density at radius 3 is 2.79 bits per heavy atom. The van der Waals surface area contributed by atoms with Crippen LogP contribution in [0.3, 0.4) is 0 Å². The van der Waals surface area contributed by atoms with E-state index in [4.69, 9.17) is 9.47 Å². The third-order valence-electron chi connectivity index (χ3n) is 5.94. The monoisotopic (exact) mass is 479 g/mol. The first kappa shape index (κ1) is 25.3. The maximum atomic E-state index is 13.9. The maximum absolute atomic E-state index is 13.9. The molecule has 0 saturated carbocycles. The molecule has 3 rings (SSSR count). The Balaban J connectivity index is 1.94. The summed E-state index contributed by atoms with van der Waals surface area (Å²) in [6, 6.07) is 2.94. The fourth-order valence-corrected chi connectivity index (χ4v) is 4.02. The molecule has 1 aliphatic rings. The van der Waals surface area contributed by atoms with Crippen LogP contribution in [0.15, 0.2) is 29.2 Å². The van der Waals surface area contributed by atoms with Gasteiger partial charge in [-0.25, -0.2) is 8.78 Å². The summed E-state index contributed by atoms with van der Waals surface area (Å²) in [5, 5.41) is 13.0. The lowest BCUT2D eigenvalue weighted by atomic mass is 9.95. The van der Waals surface area contributed by atoms with Crippen molar-refractivity contribution in [1.82, 2.24) is 14.8 Å². The van der Waals surface area contributed by atoms with E-state index in [9.17, 15) is 28.3 Å². The van der Waals surface area contributed by atoms with E-state index in [1.54, 1.807) is 4.57 Å². The predicted molar refractivity (Wildman–Crippen MR) is 118 cm³/mol. The minimum absolute atomic E-state index is 0.0341. The van der Waals surface area contributed by atoms with Gasteiger partial charge in [-0.2, -0.15) is 0 Å². The van der Waals surface area contributed by atoms with Gasteiger partial charge in [0.25, 0.3) is 5.91 Å². The summed E-state index contributed by atoms with van der Waals surface area (Å²) in [5.41, 5.74) is -1.82. The average molecular weight is 479 g/mol. The smallest absolute Gasteiger partial charge is 0.257 e. The predicted octanol–water partition coefficient (Wildman–Crippen LogP) is 1.29. The second kappa shape index (κ2) is 10.7. The van der Waals surface area contributed by atoms with Crippen LogP contribution >= 0.6 is 0 Å². The van der Waals surface area contributed by atoms with Crippen molar-refractivity contribution in [2.24, 2.45) is 0 Å². The molecule has 1 saturated heterocycles. The molecule has 9 nitrogen and oxygen atoms in total. The summed E-state index contributed by atoms with van der Waals surface area (Å²) in [5.74, 6) is -3.03. The second-order valence-corrected chi connectivity index (χ2v) is 8.19. The SMILES string of the molecule is COCCN(C=O)CC1(n2cc(C(=O)NCc3ccc(F)cc3F)c(=O)c(O)c2C)CCOC1. The fourth-order valence-electron chi connectivity index (χ4n) is 4.02. The highest BCUT2D eigenvalue weighted by Crippen LogP contribution is 2.32. The normalized spacial score (nSPS) is 17.5. The topological polar surface area (TPSA) is 110 Å². The number of methoxy groups -OCH3 is 1. The molecular formula is C23H27F2N3O6. The summed E-state index contributed by atoms with van der Waals surface area (Å²) in [6.45, 7) is 2.66. The Morgan fingerprint density at radius 2 is 2.18 bits per heavy atom. The first-order valence-electron chi connectivity index (χ1n) is 10.7. The Kier molecular flexibility index (Phi) is 8.00. The summed E-state index contributed by atoms with van der Waals surface area (Å²) in [7, 11) is 1.52. The molecule has 0 aliphatic carbocycles. The van der Waals surface area contributed by atoms with Gasteiger partial charge < -0.3 is 29.4 Å². The zero-order valence-electron chi connectivity index (χ0n) is 19.0. The number of carbonyl (C=O) groups excluding carboxylic acids is 2. The van der Waals surface area contributed by atoms with E-state index < -0.39 is 34.3 Å². The number of nitrogens with one attached hydrogen (secondary N) is 1. The highest BCUT2D eigenvalue weighted by atomic mass is 19.1. The first-order valence-corrected chi connectivity index (χ1v) is 10.7. The van der Waals surface area contributed by atoms with E-state index in [0.717, 1.165) is 6.07 Å².